The Morgan fingerprint density at radius 3 is 2.70 bits per heavy atom. The lowest BCUT2D eigenvalue weighted by atomic mass is 9.95. The van der Waals surface area contributed by atoms with Gasteiger partial charge >= 0.3 is 0 Å². The van der Waals surface area contributed by atoms with Gasteiger partial charge < -0.3 is 19.4 Å². The second-order valence-corrected chi connectivity index (χ2v) is 6.36. The summed E-state index contributed by atoms with van der Waals surface area (Å²) in [4.78, 5) is 17.8. The number of para-hydroxylation sites is 1. The van der Waals surface area contributed by atoms with Gasteiger partial charge in [-0.05, 0) is 24.5 Å². The molecule has 2 aliphatic heterocycles. The zero-order valence-electron chi connectivity index (χ0n) is 13.2. The van der Waals surface area contributed by atoms with Crippen molar-refractivity contribution in [1.29, 1.82) is 0 Å². The number of hydrogen-bond acceptors (Lipinski definition) is 3. The summed E-state index contributed by atoms with van der Waals surface area (Å²) < 4.78 is 11.2. The zero-order chi connectivity index (χ0) is 15.6. The third-order valence-electron chi connectivity index (χ3n) is 4.94. The Hall–Kier alpha value is -1.85. The molecule has 1 amide bonds. The van der Waals surface area contributed by atoms with E-state index in [0.29, 0.717) is 25.6 Å². The topological polar surface area (TPSA) is 54.6 Å². The first-order valence-corrected chi connectivity index (χ1v) is 8.37. The molecule has 0 bridgehead atoms. The van der Waals surface area contributed by atoms with E-state index in [1.807, 2.05) is 29.3 Å². The average Bonchev–Trinajstić information content (AvgIpc) is 3.25. The van der Waals surface area contributed by atoms with Crippen molar-refractivity contribution >= 4 is 16.8 Å². The Bertz CT molecular complexity index is 682. The number of ether oxygens (including phenoxy) is 2. The van der Waals surface area contributed by atoms with Crippen LogP contribution in [0.25, 0.3) is 10.9 Å². The van der Waals surface area contributed by atoms with E-state index in [9.17, 15) is 4.79 Å². The highest BCUT2D eigenvalue weighted by atomic mass is 16.7. The Morgan fingerprint density at radius 1 is 1.17 bits per heavy atom. The number of amides is 1. The van der Waals surface area contributed by atoms with Crippen molar-refractivity contribution in [2.75, 3.05) is 26.3 Å². The Labute approximate surface area is 135 Å². The first kappa shape index (κ1) is 14.7. The summed E-state index contributed by atoms with van der Waals surface area (Å²) in [5.41, 5.74) is 2.17. The second-order valence-electron chi connectivity index (χ2n) is 6.36. The van der Waals surface area contributed by atoms with Crippen LogP contribution in [0, 0.1) is 5.92 Å². The number of piperidine rings is 1. The monoisotopic (exact) mass is 314 g/mol. The summed E-state index contributed by atoms with van der Waals surface area (Å²) >= 11 is 0. The van der Waals surface area contributed by atoms with Crippen LogP contribution >= 0.6 is 0 Å². The molecule has 1 aromatic carbocycles. The van der Waals surface area contributed by atoms with Gasteiger partial charge in [-0.15, -0.1) is 0 Å². The fourth-order valence-corrected chi connectivity index (χ4v) is 3.62. The summed E-state index contributed by atoms with van der Waals surface area (Å²) in [6.07, 6.45) is 4.29. The number of fused-ring (bicyclic) bond motifs is 1. The molecule has 2 aromatic rings. The summed E-state index contributed by atoms with van der Waals surface area (Å²) in [6.45, 7) is 3.00. The molecule has 0 spiro atoms. The molecular formula is C18H22N2O3. The molecule has 5 nitrogen and oxygen atoms in total. The van der Waals surface area contributed by atoms with Crippen LogP contribution in [0.3, 0.4) is 0 Å². The van der Waals surface area contributed by atoms with Gasteiger partial charge in [0.2, 0.25) is 5.91 Å². The molecule has 0 atom stereocenters. The van der Waals surface area contributed by atoms with Gasteiger partial charge in [-0.1, -0.05) is 18.2 Å². The molecule has 122 valence electrons. The van der Waals surface area contributed by atoms with Crippen molar-refractivity contribution in [2.45, 2.75) is 25.6 Å². The quantitative estimate of drug-likeness (QED) is 0.946. The smallest absolute Gasteiger partial charge is 0.227 e. The molecule has 0 aliphatic carbocycles. The zero-order valence-corrected chi connectivity index (χ0v) is 13.2. The van der Waals surface area contributed by atoms with Crippen LogP contribution in [-0.2, 0) is 20.7 Å². The number of rotatable bonds is 3. The third kappa shape index (κ3) is 2.99. The molecule has 23 heavy (non-hydrogen) atoms. The van der Waals surface area contributed by atoms with Gasteiger partial charge in [0.1, 0.15) is 0 Å². The second kappa shape index (κ2) is 6.34. The first-order chi connectivity index (χ1) is 11.3. The first-order valence-electron chi connectivity index (χ1n) is 8.37. The number of likely N-dealkylation sites (tertiary alicyclic amines) is 1. The van der Waals surface area contributed by atoms with Gasteiger partial charge in [0.15, 0.2) is 6.29 Å². The summed E-state index contributed by atoms with van der Waals surface area (Å²) in [5.74, 6) is 0.635. The number of carbonyl (C=O) groups is 1. The summed E-state index contributed by atoms with van der Waals surface area (Å²) in [5, 5.41) is 1.14. The lowest BCUT2D eigenvalue weighted by Crippen LogP contribution is -2.42. The number of hydrogen-bond donors (Lipinski definition) is 1. The molecule has 1 aromatic heterocycles. The largest absolute Gasteiger partial charge is 0.361 e. The fourth-order valence-electron chi connectivity index (χ4n) is 3.62. The fraction of sp³-hybridized carbons (Fsp3) is 0.500. The lowest BCUT2D eigenvalue weighted by molar-refractivity contribution is -0.136. The van der Waals surface area contributed by atoms with Crippen LogP contribution in [0.15, 0.2) is 30.5 Å². The van der Waals surface area contributed by atoms with E-state index in [1.165, 1.54) is 0 Å². The van der Waals surface area contributed by atoms with E-state index in [1.54, 1.807) is 0 Å². The minimum Gasteiger partial charge on any atom is -0.361 e. The highest BCUT2D eigenvalue weighted by molar-refractivity contribution is 5.88. The number of nitrogens with one attached hydrogen (secondary N) is 1. The van der Waals surface area contributed by atoms with Gasteiger partial charge in [-0.2, -0.15) is 0 Å². The number of aromatic amines is 1. The average molecular weight is 314 g/mol. The maximum atomic E-state index is 12.6. The van der Waals surface area contributed by atoms with E-state index in [0.717, 1.165) is 42.4 Å². The minimum absolute atomic E-state index is 0.0548. The van der Waals surface area contributed by atoms with Gasteiger partial charge in [-0.25, -0.2) is 0 Å². The van der Waals surface area contributed by atoms with Crippen LogP contribution in [-0.4, -0.2) is 48.4 Å². The predicted octanol–water partition coefficient (Wildman–Crippen LogP) is 2.32. The van der Waals surface area contributed by atoms with Crippen LogP contribution in [0.4, 0.5) is 0 Å². The standard InChI is InChI=1S/C18H22N2O3/c21-17(11-14-12-19-16-4-2-1-3-15(14)16)20-7-5-13(6-8-20)18-22-9-10-23-18/h1-4,12-13,18-19H,5-11H2. The summed E-state index contributed by atoms with van der Waals surface area (Å²) in [6, 6.07) is 8.12. The van der Waals surface area contributed by atoms with E-state index in [4.69, 9.17) is 9.47 Å². The van der Waals surface area contributed by atoms with Gasteiger partial charge in [0.25, 0.3) is 0 Å². The van der Waals surface area contributed by atoms with Crippen LogP contribution < -0.4 is 0 Å². The molecule has 3 heterocycles. The predicted molar refractivity (Wildman–Crippen MR) is 87.0 cm³/mol. The normalized spacial score (nSPS) is 20.4. The Balaban J connectivity index is 1.36. The maximum absolute atomic E-state index is 12.6. The third-order valence-corrected chi connectivity index (χ3v) is 4.94. The Kier molecular flexibility index (Phi) is 4.06. The van der Waals surface area contributed by atoms with Crippen molar-refractivity contribution in [3.05, 3.63) is 36.0 Å². The highest BCUT2D eigenvalue weighted by Gasteiger charge is 2.31. The summed E-state index contributed by atoms with van der Waals surface area (Å²) in [7, 11) is 0. The van der Waals surface area contributed by atoms with Crippen molar-refractivity contribution in [2.24, 2.45) is 5.92 Å². The number of aromatic nitrogens is 1. The number of carbonyl (C=O) groups excluding carboxylic acids is 1. The molecule has 4 rings (SSSR count). The van der Waals surface area contributed by atoms with Gasteiger partial charge in [0.05, 0.1) is 19.6 Å². The number of benzene rings is 1. The molecule has 0 radical (unpaired) electrons. The number of nitrogens with zero attached hydrogens (tertiary/aromatic N) is 1. The molecule has 5 heteroatoms. The van der Waals surface area contributed by atoms with E-state index < -0.39 is 0 Å². The van der Waals surface area contributed by atoms with Crippen molar-refractivity contribution in [3.8, 4) is 0 Å². The minimum atomic E-state index is -0.0548. The molecule has 2 fully saturated rings. The SMILES string of the molecule is O=C(Cc1c[nH]c2ccccc12)N1CCC(C2OCCO2)CC1. The van der Waals surface area contributed by atoms with Crippen molar-refractivity contribution < 1.29 is 14.3 Å². The molecule has 2 saturated heterocycles. The van der Waals surface area contributed by atoms with E-state index >= 15 is 0 Å². The van der Waals surface area contributed by atoms with Crippen LogP contribution in [0.1, 0.15) is 18.4 Å². The van der Waals surface area contributed by atoms with E-state index in [2.05, 4.69) is 11.1 Å². The molecule has 0 saturated carbocycles. The van der Waals surface area contributed by atoms with E-state index in [-0.39, 0.29) is 12.2 Å². The molecular weight excluding hydrogens is 292 g/mol. The molecule has 2 aliphatic rings. The van der Waals surface area contributed by atoms with Gasteiger partial charge in [0, 0.05) is 36.1 Å². The Morgan fingerprint density at radius 2 is 1.91 bits per heavy atom. The van der Waals surface area contributed by atoms with Crippen molar-refractivity contribution in [1.82, 2.24) is 9.88 Å². The highest BCUT2D eigenvalue weighted by Crippen LogP contribution is 2.26. The maximum Gasteiger partial charge on any atom is 0.227 e. The molecule has 1 N–H and O–H groups in total. The van der Waals surface area contributed by atoms with Gasteiger partial charge in [-0.3, -0.25) is 4.79 Å². The van der Waals surface area contributed by atoms with Crippen molar-refractivity contribution in [3.63, 3.8) is 0 Å². The van der Waals surface area contributed by atoms with Crippen LogP contribution in [0.2, 0.25) is 0 Å². The number of H-pyrrole nitrogens is 1. The lowest BCUT2D eigenvalue weighted by Gasteiger charge is -2.33. The molecule has 0 unspecified atom stereocenters. The van der Waals surface area contributed by atoms with Crippen LogP contribution in [0.5, 0.6) is 0 Å².